The van der Waals surface area contributed by atoms with Crippen LogP contribution in [-0.4, -0.2) is 6.54 Å². The molecule has 5 heteroatoms. The Kier molecular flexibility index (Phi) is 4.50. The smallest absolute Gasteiger partial charge is 0.165 e. The van der Waals surface area contributed by atoms with E-state index in [-0.39, 0.29) is 12.3 Å². The van der Waals surface area contributed by atoms with E-state index in [0.717, 1.165) is 28.2 Å². The quantitative estimate of drug-likeness (QED) is 0.926. The molecule has 0 bridgehead atoms. The van der Waals surface area contributed by atoms with Gasteiger partial charge in [-0.3, -0.25) is 0 Å². The van der Waals surface area contributed by atoms with Crippen LogP contribution in [0.2, 0.25) is 0 Å². The fourth-order valence-corrected chi connectivity index (χ4v) is 2.10. The van der Waals surface area contributed by atoms with Crippen LogP contribution in [0, 0.1) is 11.6 Å². The van der Waals surface area contributed by atoms with Crippen molar-refractivity contribution in [3.63, 3.8) is 0 Å². The predicted molar refractivity (Wildman–Crippen MR) is 72.9 cm³/mol. The Labute approximate surface area is 118 Å². The fourth-order valence-electron chi connectivity index (χ4n) is 1.68. The highest BCUT2D eigenvalue weighted by atomic mass is 79.9. The molecule has 2 nitrogen and oxygen atoms in total. The molecule has 2 N–H and O–H groups in total. The summed E-state index contributed by atoms with van der Waals surface area (Å²) in [6, 6.07) is 10.4. The minimum absolute atomic E-state index is 0.143. The molecule has 0 radical (unpaired) electrons. The highest BCUT2D eigenvalue weighted by Crippen LogP contribution is 2.26. The third kappa shape index (κ3) is 3.52. The third-order valence-electron chi connectivity index (χ3n) is 2.60. The van der Waals surface area contributed by atoms with E-state index in [1.165, 1.54) is 0 Å². The van der Waals surface area contributed by atoms with Crippen LogP contribution in [0.1, 0.15) is 11.7 Å². The lowest BCUT2D eigenvalue weighted by Crippen LogP contribution is -2.19. The second kappa shape index (κ2) is 6.12. The van der Waals surface area contributed by atoms with E-state index in [1.807, 2.05) is 24.3 Å². The first kappa shape index (κ1) is 14.0. The molecule has 0 amide bonds. The minimum Gasteiger partial charge on any atom is -0.481 e. The first-order valence-electron chi connectivity index (χ1n) is 5.67. The van der Waals surface area contributed by atoms with E-state index in [4.69, 9.17) is 10.5 Å². The van der Waals surface area contributed by atoms with Gasteiger partial charge in [0.05, 0.1) is 0 Å². The van der Waals surface area contributed by atoms with Crippen LogP contribution in [0.25, 0.3) is 0 Å². The molecule has 0 fully saturated rings. The number of hydrogen-bond donors (Lipinski definition) is 1. The second-order valence-electron chi connectivity index (χ2n) is 3.97. The Morgan fingerprint density at radius 2 is 1.95 bits per heavy atom. The summed E-state index contributed by atoms with van der Waals surface area (Å²) in [6.45, 7) is 0.159. The molecule has 1 atom stereocenters. The Morgan fingerprint density at radius 3 is 2.63 bits per heavy atom. The van der Waals surface area contributed by atoms with E-state index < -0.39 is 17.7 Å². The average molecular weight is 328 g/mol. The van der Waals surface area contributed by atoms with Crippen LogP contribution in [0.3, 0.4) is 0 Å². The minimum atomic E-state index is -0.616. The van der Waals surface area contributed by atoms with E-state index >= 15 is 0 Å². The van der Waals surface area contributed by atoms with Crippen LogP contribution < -0.4 is 10.5 Å². The van der Waals surface area contributed by atoms with Crippen LogP contribution in [0.15, 0.2) is 46.9 Å². The lowest BCUT2D eigenvalue weighted by Gasteiger charge is -2.18. The molecule has 0 spiro atoms. The van der Waals surface area contributed by atoms with Gasteiger partial charge in [-0.15, -0.1) is 0 Å². The lowest BCUT2D eigenvalue weighted by molar-refractivity contribution is 0.203. The highest BCUT2D eigenvalue weighted by molar-refractivity contribution is 9.10. The van der Waals surface area contributed by atoms with Gasteiger partial charge in [0.15, 0.2) is 11.6 Å². The average Bonchev–Trinajstić information content (AvgIpc) is 2.39. The van der Waals surface area contributed by atoms with Crippen molar-refractivity contribution < 1.29 is 13.5 Å². The second-order valence-corrected chi connectivity index (χ2v) is 4.89. The summed E-state index contributed by atoms with van der Waals surface area (Å²) in [5.41, 5.74) is 6.43. The number of nitrogens with two attached hydrogens (primary N) is 1. The van der Waals surface area contributed by atoms with E-state index in [0.29, 0.717) is 0 Å². The molecule has 0 aliphatic heterocycles. The molecular weight excluding hydrogens is 316 g/mol. The molecule has 0 aromatic heterocycles. The van der Waals surface area contributed by atoms with Gasteiger partial charge >= 0.3 is 0 Å². The first-order chi connectivity index (χ1) is 9.10. The van der Waals surface area contributed by atoms with Gasteiger partial charge in [-0.1, -0.05) is 28.1 Å². The Balaban J connectivity index is 2.26. The first-order valence-corrected chi connectivity index (χ1v) is 6.46. The summed E-state index contributed by atoms with van der Waals surface area (Å²) in [5.74, 6) is -1.31. The molecule has 0 saturated heterocycles. The van der Waals surface area contributed by atoms with Gasteiger partial charge in [-0.05, 0) is 29.8 Å². The van der Waals surface area contributed by atoms with Crippen molar-refractivity contribution in [2.24, 2.45) is 5.73 Å². The molecule has 0 heterocycles. The van der Waals surface area contributed by atoms with Gasteiger partial charge in [0.25, 0.3) is 0 Å². The SMILES string of the molecule is NCC(Oc1cc(F)ccc1F)c1cccc(Br)c1. The number of halogens is 3. The van der Waals surface area contributed by atoms with Gasteiger partial charge in [0.1, 0.15) is 11.9 Å². The number of hydrogen-bond acceptors (Lipinski definition) is 2. The molecule has 2 rings (SSSR count). The Hall–Kier alpha value is -1.46. The zero-order valence-electron chi connectivity index (χ0n) is 9.95. The van der Waals surface area contributed by atoms with Gasteiger partial charge in [0.2, 0.25) is 0 Å². The van der Waals surface area contributed by atoms with Gasteiger partial charge < -0.3 is 10.5 Å². The standard InChI is InChI=1S/C14H12BrF2NO/c15-10-3-1-2-9(6-10)14(8-18)19-13-7-11(16)4-5-12(13)17/h1-7,14H,8,18H2. The molecule has 0 aliphatic carbocycles. The van der Waals surface area contributed by atoms with Gasteiger partial charge in [-0.25, -0.2) is 8.78 Å². The number of benzene rings is 2. The van der Waals surface area contributed by atoms with Gasteiger partial charge in [0, 0.05) is 17.1 Å². The largest absolute Gasteiger partial charge is 0.481 e. The maximum absolute atomic E-state index is 13.5. The van der Waals surface area contributed by atoms with Crippen molar-refractivity contribution in [3.05, 3.63) is 64.1 Å². The van der Waals surface area contributed by atoms with Crippen molar-refractivity contribution in [2.45, 2.75) is 6.10 Å². The van der Waals surface area contributed by atoms with Crippen molar-refractivity contribution >= 4 is 15.9 Å². The van der Waals surface area contributed by atoms with Gasteiger partial charge in [-0.2, -0.15) is 0 Å². The molecule has 2 aromatic carbocycles. The van der Waals surface area contributed by atoms with Crippen LogP contribution in [0.4, 0.5) is 8.78 Å². The Bertz CT molecular complexity index is 577. The van der Waals surface area contributed by atoms with E-state index in [2.05, 4.69) is 15.9 Å². The summed E-state index contributed by atoms with van der Waals surface area (Å²) in [7, 11) is 0. The third-order valence-corrected chi connectivity index (χ3v) is 3.09. The summed E-state index contributed by atoms with van der Waals surface area (Å²) >= 11 is 3.34. The zero-order chi connectivity index (χ0) is 13.8. The normalized spacial score (nSPS) is 12.2. The molecule has 1 unspecified atom stereocenters. The van der Waals surface area contributed by atoms with E-state index in [1.54, 1.807) is 0 Å². The highest BCUT2D eigenvalue weighted by Gasteiger charge is 2.15. The maximum Gasteiger partial charge on any atom is 0.165 e. The summed E-state index contributed by atoms with van der Waals surface area (Å²) in [5, 5.41) is 0. The Morgan fingerprint density at radius 1 is 1.16 bits per heavy atom. The maximum atomic E-state index is 13.5. The zero-order valence-corrected chi connectivity index (χ0v) is 11.5. The predicted octanol–water partition coefficient (Wildman–Crippen LogP) is 3.81. The van der Waals surface area contributed by atoms with Crippen molar-refractivity contribution in [2.75, 3.05) is 6.54 Å². The molecule has 19 heavy (non-hydrogen) atoms. The lowest BCUT2D eigenvalue weighted by atomic mass is 10.1. The van der Waals surface area contributed by atoms with Crippen LogP contribution in [0.5, 0.6) is 5.75 Å². The molecule has 100 valence electrons. The number of ether oxygens (including phenoxy) is 1. The number of rotatable bonds is 4. The fraction of sp³-hybridized carbons (Fsp3) is 0.143. The van der Waals surface area contributed by atoms with Crippen molar-refractivity contribution in [1.82, 2.24) is 0 Å². The monoisotopic (exact) mass is 327 g/mol. The molecule has 0 saturated carbocycles. The summed E-state index contributed by atoms with van der Waals surface area (Å²) in [4.78, 5) is 0. The molecule has 2 aromatic rings. The van der Waals surface area contributed by atoms with Crippen LogP contribution >= 0.6 is 15.9 Å². The molecule has 0 aliphatic rings. The summed E-state index contributed by atoms with van der Waals surface area (Å²) < 4.78 is 32.9. The van der Waals surface area contributed by atoms with Crippen molar-refractivity contribution in [3.8, 4) is 5.75 Å². The summed E-state index contributed by atoms with van der Waals surface area (Å²) in [6.07, 6.45) is -0.534. The van der Waals surface area contributed by atoms with Crippen LogP contribution in [-0.2, 0) is 0 Å². The van der Waals surface area contributed by atoms with E-state index in [9.17, 15) is 8.78 Å². The van der Waals surface area contributed by atoms with Crippen molar-refractivity contribution in [1.29, 1.82) is 0 Å². The molecular formula is C14H12BrF2NO. The topological polar surface area (TPSA) is 35.2 Å².